The molecule has 0 aliphatic carbocycles. The summed E-state index contributed by atoms with van der Waals surface area (Å²) in [5.41, 5.74) is 4.54. The first-order chi connectivity index (χ1) is 10.3. The SMILES string of the molecule is COc1ccc(C2=C[n+]3cccc4cccc(c43)N2)cc1. The van der Waals surface area contributed by atoms with E-state index in [9.17, 15) is 0 Å². The molecular weight excluding hydrogens is 260 g/mol. The van der Waals surface area contributed by atoms with Crippen molar-refractivity contribution >= 4 is 28.5 Å². The fourth-order valence-electron chi connectivity index (χ4n) is 2.74. The van der Waals surface area contributed by atoms with Gasteiger partial charge >= 0.3 is 0 Å². The van der Waals surface area contributed by atoms with Gasteiger partial charge in [-0.3, -0.25) is 0 Å². The first-order valence-electron chi connectivity index (χ1n) is 6.91. The lowest BCUT2D eigenvalue weighted by Crippen LogP contribution is -2.31. The molecule has 0 saturated heterocycles. The fourth-order valence-corrected chi connectivity index (χ4v) is 2.74. The molecule has 0 radical (unpaired) electrons. The van der Waals surface area contributed by atoms with Gasteiger partial charge in [-0.25, -0.2) is 0 Å². The minimum absolute atomic E-state index is 0.866. The molecule has 102 valence electrons. The Kier molecular flexibility index (Phi) is 2.64. The van der Waals surface area contributed by atoms with Gasteiger partial charge in [0.25, 0.3) is 0 Å². The molecule has 0 saturated carbocycles. The number of rotatable bonds is 2. The van der Waals surface area contributed by atoms with Crippen molar-refractivity contribution < 1.29 is 9.30 Å². The maximum Gasteiger partial charge on any atom is 0.241 e. The van der Waals surface area contributed by atoms with Crippen LogP contribution in [0.15, 0.2) is 60.8 Å². The molecule has 1 aromatic heterocycles. The lowest BCUT2D eigenvalue weighted by atomic mass is 10.1. The van der Waals surface area contributed by atoms with Gasteiger partial charge in [-0.15, -0.1) is 0 Å². The van der Waals surface area contributed by atoms with Crippen LogP contribution in [-0.4, -0.2) is 7.11 Å². The summed E-state index contributed by atoms with van der Waals surface area (Å²) in [5, 5.41) is 4.74. The Morgan fingerprint density at radius 1 is 0.952 bits per heavy atom. The fraction of sp³-hybridized carbons (Fsp3) is 0.0556. The van der Waals surface area contributed by atoms with E-state index < -0.39 is 0 Å². The summed E-state index contributed by atoms with van der Waals surface area (Å²) in [7, 11) is 1.68. The van der Waals surface area contributed by atoms with E-state index in [0.717, 1.165) is 22.7 Å². The molecular formula is C18H15N2O+. The molecule has 21 heavy (non-hydrogen) atoms. The Bertz CT molecular complexity index is 845. The van der Waals surface area contributed by atoms with Crippen molar-refractivity contribution in [1.29, 1.82) is 0 Å². The van der Waals surface area contributed by atoms with Crippen molar-refractivity contribution in [3.8, 4) is 5.75 Å². The zero-order chi connectivity index (χ0) is 14.2. The average Bonchev–Trinajstić information content (AvgIpc) is 2.55. The number of nitrogens with one attached hydrogen (secondary N) is 1. The Balaban J connectivity index is 1.85. The summed E-state index contributed by atoms with van der Waals surface area (Å²) in [6.07, 6.45) is 4.20. The average molecular weight is 275 g/mol. The van der Waals surface area contributed by atoms with Crippen LogP contribution in [0.5, 0.6) is 5.75 Å². The third-order valence-electron chi connectivity index (χ3n) is 3.79. The van der Waals surface area contributed by atoms with Crippen LogP contribution < -0.4 is 14.6 Å². The molecule has 4 rings (SSSR count). The zero-order valence-electron chi connectivity index (χ0n) is 11.7. The van der Waals surface area contributed by atoms with Gasteiger partial charge in [0, 0.05) is 17.0 Å². The number of methoxy groups -OCH3 is 1. The van der Waals surface area contributed by atoms with Gasteiger partial charge in [0.05, 0.1) is 7.11 Å². The van der Waals surface area contributed by atoms with Crippen molar-refractivity contribution in [2.24, 2.45) is 0 Å². The van der Waals surface area contributed by atoms with Gasteiger partial charge in [-0.2, -0.15) is 4.57 Å². The number of para-hydroxylation sites is 1. The first-order valence-corrected chi connectivity index (χ1v) is 6.91. The lowest BCUT2D eigenvalue weighted by Gasteiger charge is -2.15. The van der Waals surface area contributed by atoms with Gasteiger partial charge in [0.15, 0.2) is 12.4 Å². The highest BCUT2D eigenvalue weighted by atomic mass is 16.5. The van der Waals surface area contributed by atoms with E-state index >= 15 is 0 Å². The summed E-state index contributed by atoms with van der Waals surface area (Å²) in [5.74, 6) is 0.866. The summed E-state index contributed by atoms with van der Waals surface area (Å²) in [6.45, 7) is 0. The second kappa shape index (κ2) is 4.63. The maximum atomic E-state index is 5.21. The molecule has 1 aliphatic heterocycles. The summed E-state index contributed by atoms with van der Waals surface area (Å²) < 4.78 is 7.38. The van der Waals surface area contributed by atoms with E-state index in [1.54, 1.807) is 7.11 Å². The second-order valence-corrected chi connectivity index (χ2v) is 5.06. The molecule has 2 heterocycles. The quantitative estimate of drug-likeness (QED) is 0.724. The molecule has 2 aromatic carbocycles. The van der Waals surface area contributed by atoms with Crippen molar-refractivity contribution in [3.63, 3.8) is 0 Å². The topological polar surface area (TPSA) is 25.1 Å². The van der Waals surface area contributed by atoms with Crippen LogP contribution >= 0.6 is 0 Å². The Morgan fingerprint density at radius 3 is 2.57 bits per heavy atom. The van der Waals surface area contributed by atoms with E-state index in [0.29, 0.717) is 0 Å². The zero-order valence-corrected chi connectivity index (χ0v) is 11.7. The predicted molar refractivity (Wildman–Crippen MR) is 84.9 cm³/mol. The van der Waals surface area contributed by atoms with Gasteiger partial charge in [-0.1, -0.05) is 6.07 Å². The summed E-state index contributed by atoms with van der Waals surface area (Å²) in [4.78, 5) is 0. The van der Waals surface area contributed by atoms with Gasteiger partial charge < -0.3 is 10.1 Å². The molecule has 0 unspecified atom stereocenters. The van der Waals surface area contributed by atoms with Crippen LogP contribution in [-0.2, 0) is 0 Å². The van der Waals surface area contributed by atoms with Crippen LogP contribution in [0.1, 0.15) is 5.56 Å². The highest BCUT2D eigenvalue weighted by Crippen LogP contribution is 2.28. The Morgan fingerprint density at radius 2 is 1.76 bits per heavy atom. The molecule has 3 nitrogen and oxygen atoms in total. The van der Waals surface area contributed by atoms with Crippen molar-refractivity contribution in [1.82, 2.24) is 0 Å². The normalized spacial score (nSPS) is 12.7. The molecule has 0 fully saturated rings. The van der Waals surface area contributed by atoms with Crippen LogP contribution in [0.25, 0.3) is 22.8 Å². The van der Waals surface area contributed by atoms with Crippen molar-refractivity contribution in [2.75, 3.05) is 12.4 Å². The van der Waals surface area contributed by atoms with Gasteiger partial charge in [0.2, 0.25) is 5.52 Å². The van der Waals surface area contributed by atoms with E-state index in [1.165, 1.54) is 10.9 Å². The largest absolute Gasteiger partial charge is 0.497 e. The van der Waals surface area contributed by atoms with E-state index in [4.69, 9.17) is 4.74 Å². The molecule has 3 heteroatoms. The van der Waals surface area contributed by atoms with Crippen LogP contribution in [0.3, 0.4) is 0 Å². The minimum atomic E-state index is 0.866. The number of anilines is 1. The third kappa shape index (κ3) is 1.94. The Labute approximate surface area is 123 Å². The molecule has 1 aliphatic rings. The van der Waals surface area contributed by atoms with Gasteiger partial charge in [0.1, 0.15) is 17.1 Å². The van der Waals surface area contributed by atoms with E-state index in [1.807, 2.05) is 12.1 Å². The highest BCUT2D eigenvalue weighted by molar-refractivity contribution is 5.96. The standard InChI is InChI=1S/C18H15N2O/c1-21-15-9-7-13(8-10-15)17-12-20-11-3-5-14-4-2-6-16(19-17)18(14)20/h2-12,19H,1H3/q+1. The molecule has 1 N–H and O–H groups in total. The molecule has 0 spiro atoms. The molecule has 0 atom stereocenters. The number of aromatic nitrogens is 1. The van der Waals surface area contributed by atoms with Crippen LogP contribution in [0, 0.1) is 0 Å². The summed E-state index contributed by atoms with van der Waals surface area (Å²) in [6, 6.07) is 18.6. The number of nitrogens with zero attached hydrogens (tertiary/aromatic N) is 1. The van der Waals surface area contributed by atoms with Crippen LogP contribution in [0.2, 0.25) is 0 Å². The monoisotopic (exact) mass is 275 g/mol. The minimum Gasteiger partial charge on any atom is -0.497 e. The predicted octanol–water partition coefficient (Wildman–Crippen LogP) is 3.52. The number of ether oxygens (including phenoxy) is 1. The number of pyridine rings is 1. The number of hydrogen-bond acceptors (Lipinski definition) is 2. The molecule has 0 amide bonds. The highest BCUT2D eigenvalue weighted by Gasteiger charge is 2.20. The third-order valence-corrected chi connectivity index (χ3v) is 3.79. The van der Waals surface area contributed by atoms with Crippen molar-refractivity contribution in [3.05, 3.63) is 66.4 Å². The Hall–Kier alpha value is -2.81. The number of hydrogen-bond donors (Lipinski definition) is 1. The molecule has 0 bridgehead atoms. The smallest absolute Gasteiger partial charge is 0.241 e. The van der Waals surface area contributed by atoms with E-state index in [2.05, 4.69) is 64.7 Å². The van der Waals surface area contributed by atoms with Gasteiger partial charge in [-0.05, 0) is 42.5 Å². The maximum absolute atomic E-state index is 5.21. The first kappa shape index (κ1) is 12.0. The van der Waals surface area contributed by atoms with Crippen molar-refractivity contribution in [2.45, 2.75) is 0 Å². The number of benzene rings is 2. The lowest BCUT2D eigenvalue weighted by molar-refractivity contribution is -0.538. The van der Waals surface area contributed by atoms with E-state index in [-0.39, 0.29) is 0 Å². The second-order valence-electron chi connectivity index (χ2n) is 5.06. The molecule has 3 aromatic rings. The summed E-state index contributed by atoms with van der Waals surface area (Å²) >= 11 is 0. The van der Waals surface area contributed by atoms with Crippen LogP contribution in [0.4, 0.5) is 5.69 Å².